The van der Waals surface area contributed by atoms with Crippen molar-refractivity contribution in [3.05, 3.63) is 17.2 Å². The van der Waals surface area contributed by atoms with Crippen LogP contribution in [0.4, 0.5) is 0 Å². The third-order valence-corrected chi connectivity index (χ3v) is 3.05. The van der Waals surface area contributed by atoms with Crippen molar-refractivity contribution in [1.29, 1.82) is 0 Å². The van der Waals surface area contributed by atoms with Gasteiger partial charge in [0.15, 0.2) is 0 Å². The summed E-state index contributed by atoms with van der Waals surface area (Å²) in [5, 5.41) is 0. The van der Waals surface area contributed by atoms with E-state index < -0.39 is 0 Å². The van der Waals surface area contributed by atoms with Gasteiger partial charge in [-0.2, -0.15) is 0 Å². The lowest BCUT2D eigenvalue weighted by Gasteiger charge is -2.05. The maximum Gasteiger partial charge on any atom is 0.105 e. The molecule has 15 heavy (non-hydrogen) atoms. The molecule has 0 amide bonds. The molecule has 0 saturated carbocycles. The van der Waals surface area contributed by atoms with Crippen molar-refractivity contribution in [2.75, 3.05) is 0 Å². The molecule has 0 unspecified atom stereocenters. The van der Waals surface area contributed by atoms with E-state index in [-0.39, 0.29) is 0 Å². The van der Waals surface area contributed by atoms with Gasteiger partial charge in [0.25, 0.3) is 0 Å². The minimum absolute atomic E-state index is 1.15. The second-order valence-electron chi connectivity index (χ2n) is 4.32. The zero-order valence-corrected chi connectivity index (χ0v) is 10.6. The minimum Gasteiger partial charge on any atom is -0.335 e. The third kappa shape index (κ3) is 3.08. The van der Waals surface area contributed by atoms with E-state index in [2.05, 4.69) is 37.4 Å². The molecule has 0 spiro atoms. The SMILES string of the molecule is CCCCc1nc(C)n(C)c1CCCC. The summed E-state index contributed by atoms with van der Waals surface area (Å²) in [5.41, 5.74) is 2.80. The molecular weight excluding hydrogens is 184 g/mol. The van der Waals surface area contributed by atoms with E-state index in [4.69, 9.17) is 0 Å². The van der Waals surface area contributed by atoms with Crippen LogP contribution in [0.1, 0.15) is 56.7 Å². The molecule has 0 aliphatic rings. The van der Waals surface area contributed by atoms with Crippen molar-refractivity contribution in [3.63, 3.8) is 0 Å². The van der Waals surface area contributed by atoms with Gasteiger partial charge in [-0.3, -0.25) is 0 Å². The Bertz CT molecular complexity index is 300. The van der Waals surface area contributed by atoms with Gasteiger partial charge in [-0.1, -0.05) is 26.7 Å². The zero-order valence-electron chi connectivity index (χ0n) is 10.6. The molecule has 1 rings (SSSR count). The molecule has 0 radical (unpaired) electrons. The molecular formula is C13H24N2. The molecule has 1 aromatic rings. The van der Waals surface area contributed by atoms with E-state index >= 15 is 0 Å². The summed E-state index contributed by atoms with van der Waals surface area (Å²) in [6, 6.07) is 0. The second kappa shape index (κ2) is 5.94. The van der Waals surface area contributed by atoms with Gasteiger partial charge < -0.3 is 4.57 Å². The first kappa shape index (κ1) is 12.3. The zero-order chi connectivity index (χ0) is 11.3. The van der Waals surface area contributed by atoms with Gasteiger partial charge in [-0.15, -0.1) is 0 Å². The number of aromatic nitrogens is 2. The van der Waals surface area contributed by atoms with Crippen LogP contribution < -0.4 is 0 Å². The first-order valence-corrected chi connectivity index (χ1v) is 6.21. The van der Waals surface area contributed by atoms with Gasteiger partial charge in [0.2, 0.25) is 0 Å². The summed E-state index contributed by atoms with van der Waals surface area (Å²) in [5.74, 6) is 1.16. The Hall–Kier alpha value is -0.790. The number of hydrogen-bond donors (Lipinski definition) is 0. The molecule has 1 aromatic heterocycles. The standard InChI is InChI=1S/C13H24N2/c1-5-7-9-12-13(10-8-6-2)15(4)11(3)14-12/h5-10H2,1-4H3. The van der Waals surface area contributed by atoms with E-state index in [1.165, 1.54) is 43.5 Å². The van der Waals surface area contributed by atoms with Crippen LogP contribution in [0.25, 0.3) is 0 Å². The Morgan fingerprint density at radius 2 is 1.67 bits per heavy atom. The van der Waals surface area contributed by atoms with Crippen LogP contribution in [-0.4, -0.2) is 9.55 Å². The second-order valence-corrected chi connectivity index (χ2v) is 4.32. The molecule has 0 fully saturated rings. The number of hydrogen-bond acceptors (Lipinski definition) is 1. The van der Waals surface area contributed by atoms with E-state index in [0.29, 0.717) is 0 Å². The van der Waals surface area contributed by atoms with Crippen molar-refractivity contribution in [2.24, 2.45) is 7.05 Å². The maximum absolute atomic E-state index is 4.66. The lowest BCUT2D eigenvalue weighted by molar-refractivity contribution is 0.704. The number of imidazole rings is 1. The summed E-state index contributed by atoms with van der Waals surface area (Å²) < 4.78 is 2.26. The first-order chi connectivity index (χ1) is 7.20. The van der Waals surface area contributed by atoms with Gasteiger partial charge in [0.05, 0.1) is 5.69 Å². The topological polar surface area (TPSA) is 17.8 Å². The summed E-state index contributed by atoms with van der Waals surface area (Å²) in [6.45, 7) is 6.58. The molecule has 0 saturated heterocycles. The van der Waals surface area contributed by atoms with Crippen LogP contribution in [0.5, 0.6) is 0 Å². The molecule has 2 nitrogen and oxygen atoms in total. The Labute approximate surface area is 93.7 Å². The number of rotatable bonds is 6. The summed E-state index contributed by atoms with van der Waals surface area (Å²) in [7, 11) is 2.14. The van der Waals surface area contributed by atoms with Crippen molar-refractivity contribution in [1.82, 2.24) is 9.55 Å². The first-order valence-electron chi connectivity index (χ1n) is 6.21. The predicted octanol–water partition coefficient (Wildman–Crippen LogP) is 3.41. The Morgan fingerprint density at radius 1 is 1.07 bits per heavy atom. The fraction of sp³-hybridized carbons (Fsp3) is 0.769. The van der Waals surface area contributed by atoms with Crippen LogP contribution in [0.3, 0.4) is 0 Å². The van der Waals surface area contributed by atoms with Crippen molar-refractivity contribution in [2.45, 2.75) is 59.3 Å². The monoisotopic (exact) mass is 208 g/mol. The smallest absolute Gasteiger partial charge is 0.105 e. The minimum atomic E-state index is 1.15. The van der Waals surface area contributed by atoms with E-state index in [1.807, 2.05) is 0 Å². The molecule has 1 heterocycles. The average molecular weight is 208 g/mol. The van der Waals surface area contributed by atoms with Crippen LogP contribution in [-0.2, 0) is 19.9 Å². The number of unbranched alkanes of at least 4 members (excludes halogenated alkanes) is 2. The van der Waals surface area contributed by atoms with Gasteiger partial charge in [0, 0.05) is 12.7 Å². The van der Waals surface area contributed by atoms with Crippen LogP contribution >= 0.6 is 0 Å². The fourth-order valence-corrected chi connectivity index (χ4v) is 1.92. The van der Waals surface area contributed by atoms with E-state index in [1.54, 1.807) is 0 Å². The molecule has 2 heteroatoms. The molecule has 0 atom stereocenters. The lowest BCUT2D eigenvalue weighted by Crippen LogP contribution is -2.01. The quantitative estimate of drug-likeness (QED) is 0.700. The molecule has 0 aliphatic heterocycles. The van der Waals surface area contributed by atoms with E-state index in [9.17, 15) is 0 Å². The van der Waals surface area contributed by atoms with Gasteiger partial charge in [-0.05, 0) is 32.6 Å². The molecule has 0 aliphatic carbocycles. The average Bonchev–Trinajstić information content (AvgIpc) is 2.50. The Balaban J connectivity index is 2.78. The number of aryl methyl sites for hydroxylation is 2. The lowest BCUT2D eigenvalue weighted by atomic mass is 10.1. The third-order valence-electron chi connectivity index (χ3n) is 3.05. The highest BCUT2D eigenvalue weighted by Gasteiger charge is 2.10. The van der Waals surface area contributed by atoms with Crippen molar-refractivity contribution < 1.29 is 0 Å². The molecule has 86 valence electrons. The summed E-state index contributed by atoms with van der Waals surface area (Å²) in [4.78, 5) is 4.66. The highest BCUT2D eigenvalue weighted by Crippen LogP contribution is 2.15. The van der Waals surface area contributed by atoms with Crippen LogP contribution in [0.2, 0.25) is 0 Å². The van der Waals surface area contributed by atoms with Crippen molar-refractivity contribution in [3.8, 4) is 0 Å². The fourth-order valence-electron chi connectivity index (χ4n) is 1.92. The largest absolute Gasteiger partial charge is 0.335 e. The Kier molecular flexibility index (Phi) is 4.86. The van der Waals surface area contributed by atoms with Crippen LogP contribution in [0.15, 0.2) is 0 Å². The highest BCUT2D eigenvalue weighted by molar-refractivity contribution is 5.17. The summed E-state index contributed by atoms with van der Waals surface area (Å²) in [6.07, 6.45) is 7.39. The number of nitrogens with zero attached hydrogens (tertiary/aromatic N) is 2. The molecule has 0 aromatic carbocycles. The van der Waals surface area contributed by atoms with Gasteiger partial charge in [-0.25, -0.2) is 4.98 Å². The molecule has 0 N–H and O–H groups in total. The van der Waals surface area contributed by atoms with E-state index in [0.717, 1.165) is 12.2 Å². The summed E-state index contributed by atoms with van der Waals surface area (Å²) >= 11 is 0. The molecule has 0 bridgehead atoms. The van der Waals surface area contributed by atoms with Crippen molar-refractivity contribution >= 4 is 0 Å². The maximum atomic E-state index is 4.66. The Morgan fingerprint density at radius 3 is 2.27 bits per heavy atom. The highest BCUT2D eigenvalue weighted by atomic mass is 15.1. The van der Waals surface area contributed by atoms with Gasteiger partial charge in [0.1, 0.15) is 5.82 Å². The van der Waals surface area contributed by atoms with Crippen LogP contribution in [0, 0.1) is 6.92 Å². The normalized spacial score (nSPS) is 10.9. The van der Waals surface area contributed by atoms with Gasteiger partial charge >= 0.3 is 0 Å². The predicted molar refractivity (Wildman–Crippen MR) is 65.2 cm³/mol.